The molecule has 130 valence electrons. The second-order valence-corrected chi connectivity index (χ2v) is 6.77. The van der Waals surface area contributed by atoms with Gasteiger partial charge in [0.15, 0.2) is 0 Å². The van der Waals surface area contributed by atoms with Crippen LogP contribution in [0.15, 0.2) is 36.8 Å². The molecule has 1 atom stereocenters. The molecule has 0 aliphatic heterocycles. The molecular weight excluding hydrogens is 341 g/mol. The van der Waals surface area contributed by atoms with Gasteiger partial charge in [-0.15, -0.1) is 11.3 Å². The lowest BCUT2D eigenvalue weighted by atomic mass is 10.2. The lowest BCUT2D eigenvalue weighted by molar-refractivity contribution is 0.236. The minimum atomic E-state index is -0.470. The minimum absolute atomic E-state index is 0.218. The zero-order valence-electron chi connectivity index (χ0n) is 13.9. The summed E-state index contributed by atoms with van der Waals surface area (Å²) in [6.07, 6.45) is 5.07. The largest absolute Gasteiger partial charge is 0.342 e. The molecule has 0 saturated heterocycles. The van der Waals surface area contributed by atoms with Crippen LogP contribution in [-0.4, -0.2) is 39.0 Å². The van der Waals surface area contributed by atoms with Gasteiger partial charge in [0.05, 0.1) is 17.2 Å². The summed E-state index contributed by atoms with van der Waals surface area (Å²) in [4.78, 5) is 21.7. The Labute approximate surface area is 148 Å². The molecule has 25 heavy (non-hydrogen) atoms. The molecule has 3 aromatic rings. The Hall–Kier alpha value is -2.61. The molecule has 0 aromatic carbocycles. The fraction of sp³-hybridized carbons (Fsp3) is 0.294. The van der Waals surface area contributed by atoms with E-state index in [-0.39, 0.29) is 18.5 Å². The molecule has 1 unspecified atom stereocenters. The third-order valence-corrected chi connectivity index (χ3v) is 4.83. The van der Waals surface area contributed by atoms with Gasteiger partial charge in [-0.05, 0) is 25.1 Å². The van der Waals surface area contributed by atoms with Crippen LogP contribution in [0, 0.1) is 12.8 Å². The van der Waals surface area contributed by atoms with Crippen LogP contribution >= 0.6 is 11.3 Å². The van der Waals surface area contributed by atoms with E-state index < -0.39 is 6.67 Å². The third-order valence-electron chi connectivity index (χ3n) is 3.60. The van der Waals surface area contributed by atoms with Crippen molar-refractivity contribution in [3.05, 3.63) is 42.5 Å². The Morgan fingerprint density at radius 3 is 3.00 bits per heavy atom. The smallest absolute Gasteiger partial charge is 0.336 e. The molecule has 1 N–H and O–H groups in total. The highest BCUT2D eigenvalue weighted by Gasteiger charge is 2.15. The topological polar surface area (TPSA) is 72.7 Å². The van der Waals surface area contributed by atoms with Crippen LogP contribution in [0.3, 0.4) is 0 Å². The summed E-state index contributed by atoms with van der Waals surface area (Å²) in [6, 6.07) is 5.21. The van der Waals surface area contributed by atoms with Gasteiger partial charge in [0, 0.05) is 36.6 Å². The van der Waals surface area contributed by atoms with Gasteiger partial charge in [-0.25, -0.2) is 9.78 Å². The average Bonchev–Trinajstić information content (AvgIpc) is 3.26. The average molecular weight is 359 g/mol. The van der Waals surface area contributed by atoms with Crippen LogP contribution in [0.25, 0.3) is 21.1 Å². The zero-order chi connectivity index (χ0) is 17.8. The Balaban J connectivity index is 1.78. The second-order valence-electron chi connectivity index (χ2n) is 5.77. The molecule has 3 rings (SSSR count). The van der Waals surface area contributed by atoms with Crippen LogP contribution < -0.4 is 5.32 Å². The van der Waals surface area contributed by atoms with Crippen LogP contribution in [0.4, 0.5) is 9.18 Å². The number of carbonyl (C=O) groups is 1. The number of halogens is 1. The number of nitrogens with one attached hydrogen (secondary N) is 1. The molecule has 3 heterocycles. The highest BCUT2D eigenvalue weighted by molar-refractivity contribution is 7.18. The summed E-state index contributed by atoms with van der Waals surface area (Å²) < 4.78 is 13.7. The molecule has 0 fully saturated rings. The highest BCUT2D eigenvalue weighted by atomic mass is 32.1. The Bertz CT molecular complexity index is 861. The second kappa shape index (κ2) is 7.52. The molecule has 0 aliphatic carbocycles. The normalized spacial score (nSPS) is 12.1. The molecule has 0 aliphatic rings. The van der Waals surface area contributed by atoms with Crippen LogP contribution in [-0.2, 0) is 0 Å². The molecule has 0 saturated carbocycles. The zero-order valence-corrected chi connectivity index (χ0v) is 14.8. The lowest BCUT2D eigenvalue weighted by Crippen LogP contribution is -2.33. The van der Waals surface area contributed by atoms with E-state index in [2.05, 4.69) is 20.4 Å². The summed E-state index contributed by atoms with van der Waals surface area (Å²) in [5.41, 5.74) is 2.47. The maximum atomic E-state index is 12.5. The van der Waals surface area contributed by atoms with Gasteiger partial charge in [-0.1, -0.05) is 6.92 Å². The SMILES string of the molecule is Cc1nc(-c2cccnc2)sc1-c1ccn(C(=O)NCC(C)CF)n1. The number of amides is 1. The summed E-state index contributed by atoms with van der Waals surface area (Å²) in [5.74, 6) is -0.218. The number of hydrogen-bond donors (Lipinski definition) is 1. The first-order valence-corrected chi connectivity index (χ1v) is 8.68. The first-order valence-electron chi connectivity index (χ1n) is 7.86. The minimum Gasteiger partial charge on any atom is -0.336 e. The number of aromatic nitrogens is 4. The third kappa shape index (κ3) is 3.90. The quantitative estimate of drug-likeness (QED) is 0.756. The molecule has 6 nitrogen and oxygen atoms in total. The maximum Gasteiger partial charge on any atom is 0.342 e. The van der Waals surface area contributed by atoms with E-state index in [0.29, 0.717) is 5.69 Å². The summed E-state index contributed by atoms with van der Waals surface area (Å²) >= 11 is 1.50. The van der Waals surface area contributed by atoms with E-state index >= 15 is 0 Å². The maximum absolute atomic E-state index is 12.5. The van der Waals surface area contributed by atoms with Crippen molar-refractivity contribution >= 4 is 17.4 Å². The van der Waals surface area contributed by atoms with Crippen molar-refractivity contribution in [2.75, 3.05) is 13.2 Å². The van der Waals surface area contributed by atoms with Crippen molar-refractivity contribution in [3.63, 3.8) is 0 Å². The van der Waals surface area contributed by atoms with Crippen LogP contribution in [0.1, 0.15) is 12.6 Å². The fourth-order valence-electron chi connectivity index (χ4n) is 2.20. The van der Waals surface area contributed by atoms with Crippen molar-refractivity contribution in [1.82, 2.24) is 25.1 Å². The van der Waals surface area contributed by atoms with Gasteiger partial charge >= 0.3 is 6.03 Å². The molecule has 0 bridgehead atoms. The Morgan fingerprint density at radius 2 is 2.28 bits per heavy atom. The number of rotatable bonds is 5. The predicted octanol–water partition coefficient (Wildman–Crippen LogP) is 3.54. The van der Waals surface area contributed by atoms with E-state index in [1.54, 1.807) is 31.6 Å². The highest BCUT2D eigenvalue weighted by Crippen LogP contribution is 2.33. The van der Waals surface area contributed by atoms with Gasteiger partial charge in [0.1, 0.15) is 10.7 Å². The molecule has 8 heteroatoms. The van der Waals surface area contributed by atoms with Crippen molar-refractivity contribution in [2.24, 2.45) is 5.92 Å². The Morgan fingerprint density at radius 1 is 1.44 bits per heavy atom. The predicted molar refractivity (Wildman–Crippen MR) is 95.2 cm³/mol. The fourth-order valence-corrected chi connectivity index (χ4v) is 3.22. The number of aryl methyl sites for hydroxylation is 1. The molecular formula is C17H18FN5OS. The number of nitrogens with zero attached hydrogens (tertiary/aromatic N) is 4. The first kappa shape index (κ1) is 17.2. The van der Waals surface area contributed by atoms with Crippen molar-refractivity contribution in [3.8, 4) is 21.1 Å². The molecule has 0 spiro atoms. The number of carbonyl (C=O) groups excluding carboxylic acids is 1. The van der Waals surface area contributed by atoms with Crippen molar-refractivity contribution in [2.45, 2.75) is 13.8 Å². The Kier molecular flexibility index (Phi) is 5.18. The number of hydrogen-bond acceptors (Lipinski definition) is 5. The van der Waals surface area contributed by atoms with Crippen LogP contribution in [0.2, 0.25) is 0 Å². The molecule has 1 amide bonds. The van der Waals surface area contributed by atoms with Crippen molar-refractivity contribution in [1.29, 1.82) is 0 Å². The van der Waals surface area contributed by atoms with E-state index in [1.807, 2.05) is 19.1 Å². The lowest BCUT2D eigenvalue weighted by Gasteiger charge is -2.08. The number of thiazole rings is 1. The molecule has 3 aromatic heterocycles. The van der Waals surface area contributed by atoms with Crippen molar-refractivity contribution < 1.29 is 9.18 Å². The van der Waals surface area contributed by atoms with Gasteiger partial charge < -0.3 is 5.32 Å². The van der Waals surface area contributed by atoms with E-state index in [1.165, 1.54) is 16.0 Å². The molecule has 0 radical (unpaired) electrons. The standard InChI is InChI=1S/C17H18FN5OS/c1-11(8-18)9-20-17(24)23-7-5-14(22-23)15-12(2)21-16(25-15)13-4-3-6-19-10-13/h3-7,10-11H,8-9H2,1-2H3,(H,20,24). The summed E-state index contributed by atoms with van der Waals surface area (Å²) in [6.45, 7) is 3.44. The van der Waals surface area contributed by atoms with E-state index in [0.717, 1.165) is 21.1 Å². The van der Waals surface area contributed by atoms with Crippen LogP contribution in [0.5, 0.6) is 0 Å². The van der Waals surface area contributed by atoms with Gasteiger partial charge in [0.25, 0.3) is 0 Å². The first-order chi connectivity index (χ1) is 12.1. The monoisotopic (exact) mass is 359 g/mol. The van der Waals surface area contributed by atoms with Gasteiger partial charge in [0.2, 0.25) is 0 Å². The van der Waals surface area contributed by atoms with E-state index in [9.17, 15) is 9.18 Å². The summed E-state index contributed by atoms with van der Waals surface area (Å²) in [7, 11) is 0. The van der Waals surface area contributed by atoms with Gasteiger partial charge in [-0.3, -0.25) is 9.37 Å². The summed E-state index contributed by atoms with van der Waals surface area (Å²) in [5, 5.41) is 7.84. The number of alkyl halides is 1. The number of pyridine rings is 1. The van der Waals surface area contributed by atoms with Gasteiger partial charge in [-0.2, -0.15) is 9.78 Å². The van der Waals surface area contributed by atoms with E-state index in [4.69, 9.17) is 0 Å².